The van der Waals surface area contributed by atoms with Crippen LogP contribution < -0.4 is 10.1 Å². The van der Waals surface area contributed by atoms with Crippen LogP contribution in [0, 0.1) is 0 Å². The number of carbonyl (C=O) groups is 2. The summed E-state index contributed by atoms with van der Waals surface area (Å²) >= 11 is 0. The third-order valence-electron chi connectivity index (χ3n) is 5.40. The number of alkyl halides is 2. The number of piperazine rings is 1. The molecule has 0 spiro atoms. The molecule has 6 nitrogen and oxygen atoms in total. The van der Waals surface area contributed by atoms with E-state index in [-0.39, 0.29) is 35.8 Å². The summed E-state index contributed by atoms with van der Waals surface area (Å²) in [5, 5.41) is 2.59. The van der Waals surface area contributed by atoms with Crippen LogP contribution in [0.4, 0.5) is 19.3 Å². The third kappa shape index (κ3) is 3.74. The zero-order chi connectivity index (χ0) is 20.5. The van der Waals surface area contributed by atoms with Crippen molar-refractivity contribution in [1.82, 2.24) is 9.80 Å². The van der Waals surface area contributed by atoms with Crippen LogP contribution in [0.3, 0.4) is 0 Å². The summed E-state index contributed by atoms with van der Waals surface area (Å²) < 4.78 is 29.7. The van der Waals surface area contributed by atoms with Crippen molar-refractivity contribution in [3.8, 4) is 5.75 Å². The Balaban J connectivity index is 1.55. The summed E-state index contributed by atoms with van der Waals surface area (Å²) in [4.78, 5) is 28.8. The molecule has 0 aromatic heterocycles. The Morgan fingerprint density at radius 1 is 1.10 bits per heavy atom. The van der Waals surface area contributed by atoms with Gasteiger partial charge in [0.2, 0.25) is 5.91 Å². The number of nitrogens with zero attached hydrogens (tertiary/aromatic N) is 2. The molecule has 0 aliphatic carbocycles. The van der Waals surface area contributed by atoms with E-state index in [1.807, 2.05) is 23.1 Å². The van der Waals surface area contributed by atoms with Crippen LogP contribution in [0.15, 0.2) is 48.5 Å². The van der Waals surface area contributed by atoms with E-state index in [2.05, 4.69) is 23.0 Å². The monoisotopic (exact) mass is 401 g/mol. The van der Waals surface area contributed by atoms with E-state index >= 15 is 0 Å². The van der Waals surface area contributed by atoms with Crippen molar-refractivity contribution in [1.29, 1.82) is 0 Å². The Labute approximate surface area is 167 Å². The number of fused-ring (bicyclic) bond motifs is 3. The molecule has 1 N–H and O–H groups in total. The van der Waals surface area contributed by atoms with Gasteiger partial charge in [0, 0.05) is 13.1 Å². The molecule has 29 heavy (non-hydrogen) atoms. The first-order chi connectivity index (χ1) is 13.9. The number of carbonyl (C=O) groups excluding carboxylic acids is 2. The van der Waals surface area contributed by atoms with Gasteiger partial charge >= 0.3 is 12.6 Å². The molecule has 2 heterocycles. The van der Waals surface area contributed by atoms with Crippen LogP contribution in [-0.4, -0.2) is 48.0 Å². The average Bonchev–Trinajstić information content (AvgIpc) is 2.70. The van der Waals surface area contributed by atoms with Gasteiger partial charge in [0.25, 0.3) is 0 Å². The van der Waals surface area contributed by atoms with Gasteiger partial charge in [0.05, 0.1) is 11.7 Å². The lowest BCUT2D eigenvalue weighted by Gasteiger charge is -2.46. The number of amides is 3. The molecule has 1 saturated heterocycles. The highest BCUT2D eigenvalue weighted by Gasteiger charge is 2.40. The molecule has 1 fully saturated rings. The van der Waals surface area contributed by atoms with Crippen molar-refractivity contribution in [2.75, 3.05) is 25.0 Å². The van der Waals surface area contributed by atoms with Crippen LogP contribution in [0.5, 0.6) is 5.75 Å². The SMILES string of the molecule is CC1CN2C(=O)CN(C(=O)Nc3ccccc3OC(F)F)CC2c2ccccc21. The molecule has 2 aromatic carbocycles. The Hall–Kier alpha value is -3.16. The van der Waals surface area contributed by atoms with Crippen molar-refractivity contribution < 1.29 is 23.1 Å². The van der Waals surface area contributed by atoms with Crippen LogP contribution >= 0.6 is 0 Å². The second-order valence-corrected chi connectivity index (χ2v) is 7.28. The minimum atomic E-state index is -3.00. The molecular formula is C21H21F2N3O3. The number of anilines is 1. The molecular weight excluding hydrogens is 380 g/mol. The van der Waals surface area contributed by atoms with Gasteiger partial charge < -0.3 is 19.9 Å². The Morgan fingerprint density at radius 2 is 1.79 bits per heavy atom. The minimum Gasteiger partial charge on any atom is -0.433 e. The van der Waals surface area contributed by atoms with Crippen molar-refractivity contribution in [3.63, 3.8) is 0 Å². The maximum absolute atomic E-state index is 12.8. The molecule has 0 radical (unpaired) electrons. The van der Waals surface area contributed by atoms with Crippen LogP contribution in [0.1, 0.15) is 30.0 Å². The van der Waals surface area contributed by atoms with E-state index in [0.717, 1.165) is 5.56 Å². The molecule has 4 rings (SSSR count). The number of nitrogens with one attached hydrogen (secondary N) is 1. The molecule has 0 saturated carbocycles. The van der Waals surface area contributed by atoms with Crippen molar-refractivity contribution in [3.05, 3.63) is 59.7 Å². The molecule has 2 unspecified atom stereocenters. The quantitative estimate of drug-likeness (QED) is 0.851. The van der Waals surface area contributed by atoms with E-state index in [4.69, 9.17) is 0 Å². The molecule has 2 aliphatic rings. The predicted molar refractivity (Wildman–Crippen MR) is 103 cm³/mol. The summed E-state index contributed by atoms with van der Waals surface area (Å²) in [7, 11) is 0. The molecule has 2 aliphatic heterocycles. The van der Waals surface area contributed by atoms with Crippen LogP contribution in [0.25, 0.3) is 0 Å². The lowest BCUT2D eigenvalue weighted by atomic mass is 9.85. The molecule has 0 bridgehead atoms. The normalized spacial score (nSPS) is 20.9. The summed E-state index contributed by atoms with van der Waals surface area (Å²) in [6.07, 6.45) is 0. The number of hydrogen-bond donors (Lipinski definition) is 1. The maximum atomic E-state index is 12.8. The number of ether oxygens (including phenoxy) is 1. The second-order valence-electron chi connectivity index (χ2n) is 7.28. The first-order valence-electron chi connectivity index (χ1n) is 9.42. The summed E-state index contributed by atoms with van der Waals surface area (Å²) in [5.74, 6) is -0.0299. The van der Waals surface area contributed by atoms with Gasteiger partial charge in [-0.2, -0.15) is 8.78 Å². The predicted octanol–water partition coefficient (Wildman–Crippen LogP) is 3.82. The Kier molecular flexibility index (Phi) is 5.08. The number of halogens is 2. The Bertz CT molecular complexity index is 937. The van der Waals surface area contributed by atoms with Crippen molar-refractivity contribution in [2.45, 2.75) is 25.5 Å². The summed E-state index contributed by atoms with van der Waals surface area (Å²) in [6, 6.07) is 13.2. The van der Waals surface area contributed by atoms with Gasteiger partial charge in [0.15, 0.2) is 0 Å². The van der Waals surface area contributed by atoms with Gasteiger partial charge in [-0.1, -0.05) is 43.3 Å². The largest absolute Gasteiger partial charge is 0.433 e. The molecule has 2 aromatic rings. The molecule has 8 heteroatoms. The van der Waals surface area contributed by atoms with Crippen molar-refractivity contribution >= 4 is 17.6 Å². The summed E-state index contributed by atoms with van der Waals surface area (Å²) in [6.45, 7) is -0.0321. The fourth-order valence-corrected chi connectivity index (χ4v) is 4.07. The molecule has 2 atom stereocenters. The number of rotatable bonds is 3. The van der Waals surface area contributed by atoms with Gasteiger partial charge in [-0.15, -0.1) is 0 Å². The first kappa shape index (κ1) is 19.2. The van der Waals surface area contributed by atoms with Crippen molar-refractivity contribution in [2.24, 2.45) is 0 Å². The highest BCUT2D eigenvalue weighted by atomic mass is 19.3. The number of para-hydroxylation sites is 2. The van der Waals surface area contributed by atoms with E-state index in [1.54, 1.807) is 6.07 Å². The van der Waals surface area contributed by atoms with E-state index in [0.29, 0.717) is 13.1 Å². The second kappa shape index (κ2) is 7.69. The number of urea groups is 1. The standard InChI is InChI=1S/C21H21F2N3O3/c1-13-10-26-17(15-7-3-2-6-14(13)15)11-25(12-19(26)27)21(28)24-16-8-4-5-9-18(16)29-20(22)23/h2-9,13,17,20H,10-12H2,1H3,(H,24,28). The third-order valence-corrected chi connectivity index (χ3v) is 5.40. The Morgan fingerprint density at radius 3 is 2.55 bits per heavy atom. The zero-order valence-corrected chi connectivity index (χ0v) is 15.8. The van der Waals surface area contributed by atoms with E-state index in [9.17, 15) is 18.4 Å². The lowest BCUT2D eigenvalue weighted by Crippen LogP contribution is -2.56. The fraction of sp³-hybridized carbons (Fsp3) is 0.333. The average molecular weight is 401 g/mol. The molecule has 152 valence electrons. The highest BCUT2D eigenvalue weighted by molar-refractivity contribution is 5.94. The van der Waals surface area contributed by atoms with Crippen LogP contribution in [0.2, 0.25) is 0 Å². The lowest BCUT2D eigenvalue weighted by molar-refractivity contribution is -0.139. The maximum Gasteiger partial charge on any atom is 0.387 e. The number of benzene rings is 2. The first-order valence-corrected chi connectivity index (χ1v) is 9.42. The van der Waals surface area contributed by atoms with Gasteiger partial charge in [-0.25, -0.2) is 4.79 Å². The van der Waals surface area contributed by atoms with Gasteiger partial charge in [0.1, 0.15) is 12.3 Å². The van der Waals surface area contributed by atoms with E-state index < -0.39 is 12.6 Å². The topological polar surface area (TPSA) is 61.9 Å². The minimum absolute atomic E-state index is 0.0604. The van der Waals surface area contributed by atoms with Crippen LogP contribution in [-0.2, 0) is 4.79 Å². The van der Waals surface area contributed by atoms with Gasteiger partial charge in [-0.05, 0) is 29.2 Å². The highest BCUT2D eigenvalue weighted by Crippen LogP contribution is 2.38. The smallest absolute Gasteiger partial charge is 0.387 e. The zero-order valence-electron chi connectivity index (χ0n) is 15.8. The summed E-state index contributed by atoms with van der Waals surface area (Å²) in [5.41, 5.74) is 2.35. The fourth-order valence-electron chi connectivity index (χ4n) is 4.07. The van der Waals surface area contributed by atoms with E-state index in [1.165, 1.54) is 28.7 Å². The number of hydrogen-bond acceptors (Lipinski definition) is 3. The molecule has 3 amide bonds. The van der Waals surface area contributed by atoms with Gasteiger partial charge in [-0.3, -0.25) is 4.79 Å².